The summed E-state index contributed by atoms with van der Waals surface area (Å²) in [5.41, 5.74) is 0.302. The maximum absolute atomic E-state index is 12.7. The van der Waals surface area contributed by atoms with Crippen molar-refractivity contribution in [2.24, 2.45) is 20.0 Å². The van der Waals surface area contributed by atoms with Crippen LogP contribution >= 0.6 is 0 Å². The Labute approximate surface area is 156 Å². The van der Waals surface area contributed by atoms with Gasteiger partial charge in [0.1, 0.15) is 5.82 Å². The fraction of sp³-hybridized carbons (Fsp3) is 0.368. The lowest BCUT2D eigenvalue weighted by Gasteiger charge is -2.34. The van der Waals surface area contributed by atoms with Crippen molar-refractivity contribution in [1.29, 1.82) is 5.26 Å². The van der Waals surface area contributed by atoms with Gasteiger partial charge in [-0.15, -0.1) is 0 Å². The lowest BCUT2D eigenvalue weighted by atomic mass is 9.97. The quantitative estimate of drug-likeness (QED) is 0.865. The van der Waals surface area contributed by atoms with Gasteiger partial charge in [0.15, 0.2) is 0 Å². The van der Waals surface area contributed by atoms with E-state index in [0.717, 1.165) is 17.4 Å². The van der Waals surface area contributed by atoms with Crippen molar-refractivity contribution in [2.45, 2.75) is 12.8 Å². The molecule has 1 amide bonds. The van der Waals surface area contributed by atoms with Crippen molar-refractivity contribution in [1.82, 2.24) is 9.13 Å². The van der Waals surface area contributed by atoms with Crippen molar-refractivity contribution < 1.29 is 4.79 Å². The van der Waals surface area contributed by atoms with Gasteiger partial charge in [-0.1, -0.05) is 6.07 Å². The van der Waals surface area contributed by atoms with Crippen LogP contribution in [0.4, 0.5) is 11.5 Å². The molecule has 2 heterocycles. The minimum absolute atomic E-state index is 0.136. The molecular weight excluding hydrogens is 346 g/mol. The van der Waals surface area contributed by atoms with Gasteiger partial charge >= 0.3 is 5.69 Å². The smallest absolute Gasteiger partial charge is 0.332 e. The maximum Gasteiger partial charge on any atom is 0.332 e. The molecule has 0 aliphatic carbocycles. The van der Waals surface area contributed by atoms with Gasteiger partial charge in [0, 0.05) is 38.9 Å². The van der Waals surface area contributed by atoms with E-state index in [1.54, 1.807) is 31.3 Å². The number of nitrogens with one attached hydrogen (secondary N) is 1. The normalized spacial score (nSPS) is 16.6. The summed E-state index contributed by atoms with van der Waals surface area (Å²) in [7, 11) is 3.06. The summed E-state index contributed by atoms with van der Waals surface area (Å²) in [6.07, 6.45) is 1.50. The zero-order valence-corrected chi connectivity index (χ0v) is 15.3. The van der Waals surface area contributed by atoms with Gasteiger partial charge in [-0.25, -0.2) is 4.79 Å². The fourth-order valence-electron chi connectivity index (χ4n) is 3.33. The number of carbonyl (C=O) groups is 1. The first-order chi connectivity index (χ1) is 12.9. The summed E-state index contributed by atoms with van der Waals surface area (Å²) < 4.78 is 2.48. The standard InChI is InChI=1S/C19H21N5O3/c1-22-16(10-17(25)23(2)19(22)27)24-8-4-6-14(12-24)18(26)21-15-7-3-5-13(9-15)11-20/h3,5,7,9-10,14H,4,6,8,12H2,1-2H3,(H,21,26)/t14-/m1/s1. The number of aromatic nitrogens is 2. The molecule has 8 nitrogen and oxygen atoms in total. The van der Waals surface area contributed by atoms with Crippen LogP contribution in [0.5, 0.6) is 0 Å². The number of anilines is 2. The van der Waals surface area contributed by atoms with Crippen LogP contribution in [0.2, 0.25) is 0 Å². The molecule has 1 aromatic heterocycles. The van der Waals surface area contributed by atoms with Crippen molar-refractivity contribution >= 4 is 17.4 Å². The Bertz CT molecular complexity index is 1030. The first kappa shape index (κ1) is 18.5. The molecule has 1 fully saturated rings. The molecule has 0 spiro atoms. The third-order valence-corrected chi connectivity index (χ3v) is 4.88. The third-order valence-electron chi connectivity index (χ3n) is 4.88. The summed E-state index contributed by atoms with van der Waals surface area (Å²) in [6, 6.07) is 10.2. The minimum Gasteiger partial charge on any atom is -0.357 e. The topological polar surface area (TPSA) is 100 Å². The van der Waals surface area contributed by atoms with Gasteiger partial charge in [-0.2, -0.15) is 5.26 Å². The molecule has 1 aliphatic heterocycles. The molecule has 1 aromatic carbocycles. The molecule has 1 saturated heterocycles. The van der Waals surface area contributed by atoms with Gasteiger partial charge in [0.25, 0.3) is 5.56 Å². The Hall–Kier alpha value is -3.34. The molecule has 0 unspecified atom stereocenters. The Kier molecular flexibility index (Phi) is 5.12. The number of nitriles is 1. The Balaban J connectivity index is 1.78. The van der Waals surface area contributed by atoms with Gasteiger partial charge in [0.2, 0.25) is 5.91 Å². The largest absolute Gasteiger partial charge is 0.357 e. The van der Waals surface area contributed by atoms with E-state index in [4.69, 9.17) is 5.26 Å². The van der Waals surface area contributed by atoms with E-state index in [-0.39, 0.29) is 17.4 Å². The molecule has 140 valence electrons. The molecule has 0 radical (unpaired) electrons. The van der Waals surface area contributed by atoms with Gasteiger partial charge in [-0.05, 0) is 31.0 Å². The van der Waals surface area contributed by atoms with E-state index in [9.17, 15) is 14.4 Å². The first-order valence-electron chi connectivity index (χ1n) is 8.73. The lowest BCUT2D eigenvalue weighted by molar-refractivity contribution is -0.120. The molecule has 1 atom stereocenters. The minimum atomic E-state index is -0.391. The number of rotatable bonds is 3. The molecule has 0 bridgehead atoms. The number of hydrogen-bond acceptors (Lipinski definition) is 5. The number of benzene rings is 1. The van der Waals surface area contributed by atoms with Crippen molar-refractivity contribution in [2.75, 3.05) is 23.3 Å². The van der Waals surface area contributed by atoms with E-state index in [1.807, 2.05) is 11.0 Å². The second-order valence-electron chi connectivity index (χ2n) is 6.71. The average Bonchev–Trinajstić information content (AvgIpc) is 2.69. The van der Waals surface area contributed by atoms with Gasteiger partial charge in [0.05, 0.1) is 17.6 Å². The van der Waals surface area contributed by atoms with Crippen molar-refractivity contribution in [3.8, 4) is 6.07 Å². The second-order valence-corrected chi connectivity index (χ2v) is 6.71. The molecule has 8 heteroatoms. The van der Waals surface area contributed by atoms with Crippen LogP contribution in [0.1, 0.15) is 18.4 Å². The average molecular weight is 367 g/mol. The van der Waals surface area contributed by atoms with Crippen molar-refractivity contribution in [3.63, 3.8) is 0 Å². The van der Waals surface area contributed by atoms with E-state index < -0.39 is 5.69 Å². The Morgan fingerprint density at radius 1 is 1.22 bits per heavy atom. The molecule has 0 saturated carbocycles. The van der Waals surface area contributed by atoms with E-state index in [2.05, 4.69) is 5.32 Å². The molecule has 1 N–H and O–H groups in total. The Morgan fingerprint density at radius 2 is 2.00 bits per heavy atom. The van der Waals surface area contributed by atoms with Gasteiger partial charge < -0.3 is 10.2 Å². The molecule has 27 heavy (non-hydrogen) atoms. The lowest BCUT2D eigenvalue weighted by Crippen LogP contribution is -2.45. The van der Waals surface area contributed by atoms with Crippen molar-refractivity contribution in [3.05, 3.63) is 56.7 Å². The number of amides is 1. The number of nitrogens with zero attached hydrogens (tertiary/aromatic N) is 4. The molecule has 2 aromatic rings. The molecule has 3 rings (SSSR count). The van der Waals surface area contributed by atoms with Crippen LogP contribution in [0, 0.1) is 17.2 Å². The van der Waals surface area contributed by atoms with Crippen LogP contribution in [0.25, 0.3) is 0 Å². The van der Waals surface area contributed by atoms with Crippen LogP contribution in [-0.4, -0.2) is 28.1 Å². The monoisotopic (exact) mass is 367 g/mol. The first-order valence-corrected chi connectivity index (χ1v) is 8.73. The van der Waals surface area contributed by atoms with E-state index >= 15 is 0 Å². The number of hydrogen-bond donors (Lipinski definition) is 1. The van der Waals surface area contributed by atoms with Crippen LogP contribution < -0.4 is 21.5 Å². The van der Waals surface area contributed by atoms with Crippen LogP contribution in [0.15, 0.2) is 39.9 Å². The molecular formula is C19H21N5O3. The summed E-state index contributed by atoms with van der Waals surface area (Å²) in [6.45, 7) is 1.10. The van der Waals surface area contributed by atoms with E-state index in [0.29, 0.717) is 30.2 Å². The SMILES string of the molecule is Cn1c(N2CCC[C@@H](C(=O)Nc3cccc(C#N)c3)C2)cc(=O)n(C)c1=O. The number of piperidine rings is 1. The summed E-state index contributed by atoms with van der Waals surface area (Å²) in [4.78, 5) is 38.7. The highest BCUT2D eigenvalue weighted by Crippen LogP contribution is 2.23. The maximum atomic E-state index is 12.7. The fourth-order valence-corrected chi connectivity index (χ4v) is 3.33. The zero-order chi connectivity index (χ0) is 19.6. The van der Waals surface area contributed by atoms with Gasteiger partial charge in [-0.3, -0.25) is 18.7 Å². The van der Waals surface area contributed by atoms with E-state index in [1.165, 1.54) is 17.7 Å². The molecule has 1 aliphatic rings. The predicted molar refractivity (Wildman–Crippen MR) is 102 cm³/mol. The highest BCUT2D eigenvalue weighted by Gasteiger charge is 2.27. The summed E-state index contributed by atoms with van der Waals surface area (Å²) in [5, 5.41) is 11.8. The third kappa shape index (κ3) is 3.77. The zero-order valence-electron chi connectivity index (χ0n) is 15.3. The van der Waals surface area contributed by atoms with Crippen LogP contribution in [-0.2, 0) is 18.9 Å². The summed E-state index contributed by atoms with van der Waals surface area (Å²) >= 11 is 0. The van der Waals surface area contributed by atoms with Crippen LogP contribution in [0.3, 0.4) is 0 Å². The predicted octanol–water partition coefficient (Wildman–Crippen LogP) is 0.811. The number of carbonyl (C=O) groups excluding carboxylic acids is 1. The second kappa shape index (κ2) is 7.50. The Morgan fingerprint density at radius 3 is 2.74 bits per heavy atom. The highest BCUT2D eigenvalue weighted by molar-refractivity contribution is 5.93. The highest BCUT2D eigenvalue weighted by atomic mass is 16.2. The summed E-state index contributed by atoms with van der Waals surface area (Å²) in [5.74, 6) is 0.111.